The Morgan fingerprint density at radius 2 is 2.17 bits per heavy atom. The van der Waals surface area contributed by atoms with Crippen LogP contribution in [0.15, 0.2) is 0 Å². The molecule has 72 valence electrons. The highest BCUT2D eigenvalue weighted by Crippen LogP contribution is 2.27. The van der Waals surface area contributed by atoms with Gasteiger partial charge in [-0.1, -0.05) is 0 Å². The Morgan fingerprint density at radius 3 is 2.58 bits per heavy atom. The van der Waals surface area contributed by atoms with Gasteiger partial charge in [-0.3, -0.25) is 0 Å². The molecular formula is C7H13F2NO2. The second-order valence-electron chi connectivity index (χ2n) is 3.20. The molecule has 5 heteroatoms. The molecule has 0 saturated carbocycles. The van der Waals surface area contributed by atoms with Crippen LogP contribution in [0.25, 0.3) is 0 Å². The number of aliphatic hydroxyl groups excluding tert-OH is 1. The van der Waals surface area contributed by atoms with Gasteiger partial charge in [-0.25, -0.2) is 8.78 Å². The molecule has 1 aliphatic heterocycles. The molecule has 0 radical (unpaired) electrons. The number of rotatable bonds is 3. The van der Waals surface area contributed by atoms with Crippen LogP contribution in [-0.2, 0) is 0 Å². The molecule has 0 aliphatic carbocycles. The minimum Gasteiger partial charge on any atom is -0.368 e. The first-order valence-electron chi connectivity index (χ1n) is 3.97. The minimum atomic E-state index is -2.62. The zero-order chi connectivity index (χ0) is 9.19. The number of aliphatic hydroxyl groups is 2. The van der Waals surface area contributed by atoms with Gasteiger partial charge < -0.3 is 15.5 Å². The average Bonchev–Trinajstić information content (AvgIpc) is 2.26. The number of hydrogen-bond acceptors (Lipinski definition) is 3. The second kappa shape index (κ2) is 3.64. The normalized spacial score (nSPS) is 28.2. The molecule has 1 aliphatic rings. The number of alkyl halides is 2. The zero-order valence-corrected chi connectivity index (χ0v) is 6.63. The van der Waals surface area contributed by atoms with E-state index in [2.05, 4.69) is 5.32 Å². The Balaban J connectivity index is 2.20. The highest BCUT2D eigenvalue weighted by atomic mass is 19.3. The maximum atomic E-state index is 12.5. The van der Waals surface area contributed by atoms with Crippen molar-refractivity contribution >= 4 is 0 Å². The lowest BCUT2D eigenvalue weighted by atomic mass is 10.1. The molecule has 1 fully saturated rings. The quantitative estimate of drug-likeness (QED) is 0.540. The number of halogens is 2. The number of nitrogens with one attached hydrogen (secondary N) is 1. The largest absolute Gasteiger partial charge is 0.368 e. The van der Waals surface area contributed by atoms with Crippen LogP contribution < -0.4 is 5.32 Å². The van der Waals surface area contributed by atoms with Crippen molar-refractivity contribution in [2.75, 3.05) is 6.54 Å². The molecule has 1 rings (SSSR count). The first-order valence-corrected chi connectivity index (χ1v) is 3.97. The summed E-state index contributed by atoms with van der Waals surface area (Å²) in [6, 6.07) is -0.276. The summed E-state index contributed by atoms with van der Waals surface area (Å²) in [5.41, 5.74) is 0. The topological polar surface area (TPSA) is 52.5 Å². The van der Waals surface area contributed by atoms with Crippen LogP contribution >= 0.6 is 0 Å². The Bertz CT molecular complexity index is 152. The Labute approximate surface area is 69.4 Å². The fourth-order valence-electron chi connectivity index (χ4n) is 1.35. The summed E-state index contributed by atoms with van der Waals surface area (Å²) in [7, 11) is 0. The third-order valence-corrected chi connectivity index (χ3v) is 1.97. The fraction of sp³-hybridized carbons (Fsp3) is 1.00. The van der Waals surface area contributed by atoms with Crippen molar-refractivity contribution in [1.82, 2.24) is 5.32 Å². The monoisotopic (exact) mass is 181 g/mol. The van der Waals surface area contributed by atoms with Crippen molar-refractivity contribution in [3.05, 3.63) is 0 Å². The second-order valence-corrected chi connectivity index (χ2v) is 3.20. The summed E-state index contributed by atoms with van der Waals surface area (Å²) in [5.74, 6) is -2.62. The Hall–Kier alpha value is -0.260. The van der Waals surface area contributed by atoms with E-state index in [0.29, 0.717) is 6.42 Å². The van der Waals surface area contributed by atoms with Crippen LogP contribution in [0.4, 0.5) is 8.78 Å². The Kier molecular flexibility index (Phi) is 2.98. The third-order valence-electron chi connectivity index (χ3n) is 1.97. The van der Waals surface area contributed by atoms with Crippen LogP contribution in [0.2, 0.25) is 0 Å². The van der Waals surface area contributed by atoms with E-state index in [1.165, 1.54) is 0 Å². The minimum absolute atomic E-state index is 0.147. The van der Waals surface area contributed by atoms with Crippen LogP contribution in [0.5, 0.6) is 0 Å². The summed E-state index contributed by atoms with van der Waals surface area (Å²) in [5, 5.41) is 19.6. The average molecular weight is 181 g/mol. The van der Waals surface area contributed by atoms with E-state index in [-0.39, 0.29) is 25.4 Å². The molecule has 3 nitrogen and oxygen atoms in total. The van der Waals surface area contributed by atoms with E-state index in [0.717, 1.165) is 0 Å². The SMILES string of the molecule is OC(O)CC[C@H]1CC(F)(F)CN1. The molecule has 0 amide bonds. The van der Waals surface area contributed by atoms with Gasteiger partial charge in [0, 0.05) is 12.5 Å². The van der Waals surface area contributed by atoms with Gasteiger partial charge in [0.2, 0.25) is 0 Å². The van der Waals surface area contributed by atoms with Gasteiger partial charge in [0.05, 0.1) is 6.54 Å². The first-order chi connectivity index (χ1) is 5.49. The van der Waals surface area contributed by atoms with E-state index >= 15 is 0 Å². The summed E-state index contributed by atoms with van der Waals surface area (Å²) in [6.45, 7) is -0.292. The van der Waals surface area contributed by atoms with E-state index in [1.54, 1.807) is 0 Å². The first kappa shape index (κ1) is 9.83. The summed E-state index contributed by atoms with van der Waals surface area (Å²) in [6.07, 6.45) is -1.05. The van der Waals surface area contributed by atoms with E-state index in [1.807, 2.05) is 0 Å². The molecule has 0 aromatic heterocycles. The molecule has 0 aromatic rings. The van der Waals surface area contributed by atoms with Crippen molar-refractivity contribution in [3.8, 4) is 0 Å². The van der Waals surface area contributed by atoms with Crippen molar-refractivity contribution in [2.24, 2.45) is 0 Å². The molecule has 1 atom stereocenters. The van der Waals surface area contributed by atoms with Gasteiger partial charge in [-0.15, -0.1) is 0 Å². The van der Waals surface area contributed by atoms with Crippen molar-refractivity contribution in [2.45, 2.75) is 37.5 Å². The van der Waals surface area contributed by atoms with Gasteiger partial charge in [-0.05, 0) is 12.8 Å². The van der Waals surface area contributed by atoms with Gasteiger partial charge in [0.15, 0.2) is 6.29 Å². The summed E-state index contributed by atoms with van der Waals surface area (Å²) >= 11 is 0. The van der Waals surface area contributed by atoms with Crippen LogP contribution in [-0.4, -0.2) is 35.0 Å². The lowest BCUT2D eigenvalue weighted by Gasteiger charge is -2.10. The van der Waals surface area contributed by atoms with Gasteiger partial charge in [-0.2, -0.15) is 0 Å². The highest BCUT2D eigenvalue weighted by molar-refractivity contribution is 4.86. The van der Waals surface area contributed by atoms with Gasteiger partial charge >= 0.3 is 0 Å². The predicted molar refractivity (Wildman–Crippen MR) is 38.8 cm³/mol. The van der Waals surface area contributed by atoms with Crippen LogP contribution in [0, 0.1) is 0 Å². The maximum absolute atomic E-state index is 12.5. The molecule has 0 aromatic carbocycles. The third kappa shape index (κ3) is 3.00. The number of hydrogen-bond donors (Lipinski definition) is 3. The lowest BCUT2D eigenvalue weighted by Crippen LogP contribution is -2.23. The summed E-state index contributed by atoms with van der Waals surface area (Å²) in [4.78, 5) is 0. The van der Waals surface area contributed by atoms with Crippen molar-refractivity contribution in [3.63, 3.8) is 0 Å². The molecule has 3 N–H and O–H groups in total. The van der Waals surface area contributed by atoms with Crippen LogP contribution in [0.3, 0.4) is 0 Å². The molecule has 1 heterocycles. The van der Waals surface area contributed by atoms with Crippen molar-refractivity contribution < 1.29 is 19.0 Å². The van der Waals surface area contributed by atoms with Crippen molar-refractivity contribution in [1.29, 1.82) is 0 Å². The highest BCUT2D eigenvalue weighted by Gasteiger charge is 2.38. The van der Waals surface area contributed by atoms with E-state index in [9.17, 15) is 8.78 Å². The molecule has 0 unspecified atom stereocenters. The maximum Gasteiger partial charge on any atom is 0.261 e. The fourth-order valence-corrected chi connectivity index (χ4v) is 1.35. The smallest absolute Gasteiger partial charge is 0.261 e. The van der Waals surface area contributed by atoms with E-state index < -0.39 is 12.2 Å². The van der Waals surface area contributed by atoms with Gasteiger partial charge in [0.25, 0.3) is 5.92 Å². The van der Waals surface area contributed by atoms with Crippen LogP contribution in [0.1, 0.15) is 19.3 Å². The molecule has 0 spiro atoms. The van der Waals surface area contributed by atoms with Gasteiger partial charge in [0.1, 0.15) is 0 Å². The zero-order valence-electron chi connectivity index (χ0n) is 6.63. The Morgan fingerprint density at radius 1 is 1.50 bits per heavy atom. The predicted octanol–water partition coefficient (Wildman–Crippen LogP) is 0.0745. The lowest BCUT2D eigenvalue weighted by molar-refractivity contribution is -0.0484. The molecule has 0 bridgehead atoms. The molecular weight excluding hydrogens is 168 g/mol. The van der Waals surface area contributed by atoms with E-state index in [4.69, 9.17) is 10.2 Å². The summed E-state index contributed by atoms with van der Waals surface area (Å²) < 4.78 is 25.1. The molecule has 12 heavy (non-hydrogen) atoms. The molecule has 1 saturated heterocycles. The standard InChI is InChI=1S/C7H13F2NO2/c8-7(9)3-5(10-4-7)1-2-6(11)12/h5-6,10-12H,1-4H2/t5-/m0/s1.